The average molecular weight is 238 g/mol. The van der Waals surface area contributed by atoms with Crippen LogP contribution in [0.15, 0.2) is 0 Å². The van der Waals surface area contributed by atoms with Crippen molar-refractivity contribution < 1.29 is 14.3 Å². The fourth-order valence-corrected chi connectivity index (χ4v) is 3.42. The van der Waals surface area contributed by atoms with Gasteiger partial charge in [-0.25, -0.2) is 0 Å². The Balaban J connectivity index is 1.53. The van der Waals surface area contributed by atoms with Gasteiger partial charge < -0.3 is 9.47 Å². The van der Waals surface area contributed by atoms with E-state index in [0.29, 0.717) is 11.7 Å². The predicted octanol–water partition coefficient (Wildman–Crippen LogP) is 2.33. The van der Waals surface area contributed by atoms with Gasteiger partial charge in [-0.15, -0.1) is 0 Å². The number of hydrogen-bond donors (Lipinski definition) is 0. The predicted molar refractivity (Wildman–Crippen MR) is 63.8 cm³/mol. The molecule has 0 aromatic heterocycles. The number of ether oxygens (including phenoxy) is 2. The van der Waals surface area contributed by atoms with Crippen LogP contribution in [0.5, 0.6) is 0 Å². The first-order valence-electron chi connectivity index (χ1n) is 7.02. The van der Waals surface area contributed by atoms with E-state index in [0.717, 1.165) is 45.5 Å². The average Bonchev–Trinajstić information content (AvgIpc) is 2.80. The first kappa shape index (κ1) is 11.7. The van der Waals surface area contributed by atoms with Crippen LogP contribution in [0.2, 0.25) is 0 Å². The van der Waals surface area contributed by atoms with Crippen LogP contribution in [-0.4, -0.2) is 31.2 Å². The molecule has 2 unspecified atom stereocenters. The van der Waals surface area contributed by atoms with Gasteiger partial charge in [0, 0.05) is 32.2 Å². The van der Waals surface area contributed by atoms with Crippen LogP contribution in [0.3, 0.4) is 0 Å². The van der Waals surface area contributed by atoms with Crippen molar-refractivity contribution in [3.8, 4) is 0 Å². The summed E-state index contributed by atoms with van der Waals surface area (Å²) >= 11 is 0. The van der Waals surface area contributed by atoms with Crippen molar-refractivity contribution in [2.45, 2.75) is 50.5 Å². The molecule has 0 aromatic rings. The molecule has 3 fully saturated rings. The van der Waals surface area contributed by atoms with Gasteiger partial charge in [-0.3, -0.25) is 4.79 Å². The lowest BCUT2D eigenvalue weighted by Gasteiger charge is -2.47. The molecule has 3 aliphatic rings. The molecule has 0 N–H and O–H groups in total. The summed E-state index contributed by atoms with van der Waals surface area (Å²) in [5.41, 5.74) is 0.102. The van der Waals surface area contributed by atoms with Crippen molar-refractivity contribution in [3.05, 3.63) is 0 Å². The molecule has 2 heterocycles. The van der Waals surface area contributed by atoms with E-state index < -0.39 is 0 Å². The van der Waals surface area contributed by atoms with E-state index in [9.17, 15) is 4.79 Å². The molecule has 0 radical (unpaired) electrons. The van der Waals surface area contributed by atoms with E-state index >= 15 is 0 Å². The molecule has 2 saturated heterocycles. The lowest BCUT2D eigenvalue weighted by atomic mass is 9.70. The minimum atomic E-state index is 0.102. The summed E-state index contributed by atoms with van der Waals surface area (Å²) in [5.74, 6) is 1.22. The second kappa shape index (κ2) is 4.69. The summed E-state index contributed by atoms with van der Waals surface area (Å²) in [6.45, 7) is 2.42. The van der Waals surface area contributed by atoms with Crippen molar-refractivity contribution in [1.82, 2.24) is 0 Å². The van der Waals surface area contributed by atoms with Gasteiger partial charge in [0.2, 0.25) is 0 Å². The zero-order chi connectivity index (χ0) is 11.7. The van der Waals surface area contributed by atoms with Crippen molar-refractivity contribution >= 4 is 5.78 Å². The number of hydrogen-bond acceptors (Lipinski definition) is 3. The quantitative estimate of drug-likeness (QED) is 0.757. The van der Waals surface area contributed by atoms with Crippen molar-refractivity contribution in [2.75, 3.05) is 19.8 Å². The van der Waals surface area contributed by atoms with Crippen LogP contribution in [0, 0.1) is 11.8 Å². The molecule has 3 nitrogen and oxygen atoms in total. The topological polar surface area (TPSA) is 35.5 Å². The standard InChI is InChI=1S/C14H22O3/c15-13(8-11-2-6-16-10-11)12-3-7-17-14(9-12)4-1-5-14/h11-12H,1-10H2. The Morgan fingerprint density at radius 3 is 2.76 bits per heavy atom. The third-order valence-electron chi connectivity index (χ3n) is 4.73. The van der Waals surface area contributed by atoms with E-state index in [-0.39, 0.29) is 11.5 Å². The summed E-state index contributed by atoms with van der Waals surface area (Å²) in [7, 11) is 0. The molecule has 3 rings (SSSR count). The molecule has 3 heteroatoms. The summed E-state index contributed by atoms with van der Waals surface area (Å²) < 4.78 is 11.2. The second-order valence-corrected chi connectivity index (χ2v) is 5.97. The molecule has 2 atom stereocenters. The van der Waals surface area contributed by atoms with E-state index in [1.807, 2.05) is 0 Å². The largest absolute Gasteiger partial charge is 0.381 e. The summed E-state index contributed by atoms with van der Waals surface area (Å²) in [6.07, 6.45) is 7.35. The van der Waals surface area contributed by atoms with Crippen LogP contribution >= 0.6 is 0 Å². The van der Waals surface area contributed by atoms with Gasteiger partial charge in [-0.1, -0.05) is 0 Å². The first-order chi connectivity index (χ1) is 8.27. The van der Waals surface area contributed by atoms with Crippen molar-refractivity contribution in [1.29, 1.82) is 0 Å². The Bertz CT molecular complexity index is 290. The normalized spacial score (nSPS) is 35.8. The molecule has 0 aromatic carbocycles. The minimum absolute atomic E-state index is 0.102. The van der Waals surface area contributed by atoms with Crippen LogP contribution in [0.4, 0.5) is 0 Å². The van der Waals surface area contributed by atoms with E-state index in [1.165, 1.54) is 19.3 Å². The van der Waals surface area contributed by atoms with Gasteiger partial charge in [-0.05, 0) is 44.4 Å². The minimum Gasteiger partial charge on any atom is -0.381 e. The third-order valence-corrected chi connectivity index (χ3v) is 4.73. The number of carbonyl (C=O) groups is 1. The number of Topliss-reactive ketones (excluding diaryl/α,β-unsaturated/α-hetero) is 1. The second-order valence-electron chi connectivity index (χ2n) is 5.97. The molecular formula is C14H22O3. The first-order valence-corrected chi connectivity index (χ1v) is 7.02. The number of rotatable bonds is 3. The Kier molecular flexibility index (Phi) is 3.22. The number of carbonyl (C=O) groups excluding carboxylic acids is 1. The molecule has 0 bridgehead atoms. The summed E-state index contributed by atoms with van der Waals surface area (Å²) in [5, 5.41) is 0. The zero-order valence-electron chi connectivity index (χ0n) is 10.5. The Morgan fingerprint density at radius 2 is 2.12 bits per heavy atom. The highest BCUT2D eigenvalue weighted by atomic mass is 16.5. The van der Waals surface area contributed by atoms with E-state index in [1.54, 1.807) is 0 Å². The maximum atomic E-state index is 12.3. The number of ketones is 1. The molecule has 1 spiro atoms. The molecule has 0 amide bonds. The maximum absolute atomic E-state index is 12.3. The van der Waals surface area contributed by atoms with Gasteiger partial charge >= 0.3 is 0 Å². The Morgan fingerprint density at radius 1 is 1.24 bits per heavy atom. The SMILES string of the molecule is O=C(CC1CCOC1)C1CCOC2(CCC2)C1. The molecule has 2 aliphatic heterocycles. The molecule has 1 saturated carbocycles. The molecule has 1 aliphatic carbocycles. The lowest BCUT2D eigenvalue weighted by Crippen LogP contribution is -2.47. The molecule has 17 heavy (non-hydrogen) atoms. The van der Waals surface area contributed by atoms with Crippen molar-refractivity contribution in [3.63, 3.8) is 0 Å². The van der Waals surface area contributed by atoms with Gasteiger partial charge in [0.1, 0.15) is 5.78 Å². The fourth-order valence-electron chi connectivity index (χ4n) is 3.42. The smallest absolute Gasteiger partial charge is 0.136 e. The summed E-state index contributed by atoms with van der Waals surface area (Å²) in [6, 6.07) is 0. The fraction of sp³-hybridized carbons (Fsp3) is 0.929. The summed E-state index contributed by atoms with van der Waals surface area (Å²) in [4.78, 5) is 12.3. The van der Waals surface area contributed by atoms with Crippen molar-refractivity contribution in [2.24, 2.45) is 11.8 Å². The van der Waals surface area contributed by atoms with Gasteiger partial charge in [0.15, 0.2) is 0 Å². The maximum Gasteiger partial charge on any atom is 0.136 e. The Hall–Kier alpha value is -0.410. The van der Waals surface area contributed by atoms with E-state index in [2.05, 4.69) is 0 Å². The van der Waals surface area contributed by atoms with Crippen LogP contribution < -0.4 is 0 Å². The van der Waals surface area contributed by atoms with Crippen LogP contribution in [0.1, 0.15) is 44.9 Å². The van der Waals surface area contributed by atoms with Crippen LogP contribution in [0.25, 0.3) is 0 Å². The Labute approximate surface area is 103 Å². The molecular weight excluding hydrogens is 216 g/mol. The third kappa shape index (κ3) is 2.41. The zero-order valence-corrected chi connectivity index (χ0v) is 10.5. The van der Waals surface area contributed by atoms with E-state index in [4.69, 9.17) is 9.47 Å². The van der Waals surface area contributed by atoms with Gasteiger partial charge in [0.25, 0.3) is 0 Å². The van der Waals surface area contributed by atoms with Gasteiger partial charge in [0.05, 0.1) is 5.60 Å². The highest BCUT2D eigenvalue weighted by molar-refractivity contribution is 5.81. The lowest BCUT2D eigenvalue weighted by molar-refractivity contribution is -0.156. The molecule has 96 valence electrons. The highest BCUT2D eigenvalue weighted by Crippen LogP contribution is 2.44. The highest BCUT2D eigenvalue weighted by Gasteiger charge is 2.44. The van der Waals surface area contributed by atoms with Crippen LogP contribution in [-0.2, 0) is 14.3 Å². The monoisotopic (exact) mass is 238 g/mol. The van der Waals surface area contributed by atoms with Gasteiger partial charge in [-0.2, -0.15) is 0 Å².